The van der Waals surface area contributed by atoms with Gasteiger partial charge < -0.3 is 5.32 Å². The molecule has 0 fully saturated rings. The molecule has 0 unspecified atom stereocenters. The van der Waals surface area contributed by atoms with Crippen molar-refractivity contribution in [2.24, 2.45) is 0 Å². The Kier molecular flexibility index (Phi) is 4.47. The number of halogens is 1. The molecule has 0 aliphatic heterocycles. The molecule has 3 rings (SSSR count). The van der Waals surface area contributed by atoms with Crippen LogP contribution in [0.5, 0.6) is 0 Å². The van der Waals surface area contributed by atoms with Crippen LogP contribution in [0, 0.1) is 5.82 Å². The molecule has 116 valence electrons. The monoisotopic (exact) mass is 309 g/mol. The van der Waals surface area contributed by atoms with Gasteiger partial charge in [0.05, 0.1) is 5.69 Å². The Morgan fingerprint density at radius 2 is 1.96 bits per heavy atom. The van der Waals surface area contributed by atoms with Crippen LogP contribution in [0.25, 0.3) is 5.69 Å². The summed E-state index contributed by atoms with van der Waals surface area (Å²) in [5.74, 6) is -0.394. The second-order valence-corrected chi connectivity index (χ2v) is 5.13. The van der Waals surface area contributed by atoms with Crippen LogP contribution in [0.15, 0.2) is 67.0 Å². The molecule has 3 aromatic rings. The summed E-state index contributed by atoms with van der Waals surface area (Å²) in [6.45, 7) is 0.496. The molecule has 1 N–H and O–H groups in total. The maximum Gasteiger partial charge on any atom is 0.251 e. The number of hydrogen-bond acceptors (Lipinski definition) is 2. The number of aromatic nitrogens is 2. The molecule has 0 aliphatic carbocycles. The second kappa shape index (κ2) is 6.87. The minimum atomic E-state index is -0.256. The number of rotatable bonds is 5. The molecular formula is C18H16FN3O. The Morgan fingerprint density at radius 3 is 2.70 bits per heavy atom. The zero-order chi connectivity index (χ0) is 16.1. The highest BCUT2D eigenvalue weighted by Crippen LogP contribution is 2.09. The Balaban J connectivity index is 1.60. The third-order valence-corrected chi connectivity index (χ3v) is 3.49. The maximum absolute atomic E-state index is 12.8. The highest BCUT2D eigenvalue weighted by Gasteiger charge is 2.06. The fraction of sp³-hybridized carbons (Fsp3) is 0.111. The predicted molar refractivity (Wildman–Crippen MR) is 86.0 cm³/mol. The van der Waals surface area contributed by atoms with Gasteiger partial charge in [0.1, 0.15) is 5.82 Å². The van der Waals surface area contributed by atoms with Gasteiger partial charge in [-0.1, -0.05) is 18.2 Å². The van der Waals surface area contributed by atoms with Crippen LogP contribution in [-0.2, 0) is 6.42 Å². The molecule has 0 spiro atoms. The molecule has 23 heavy (non-hydrogen) atoms. The average molecular weight is 309 g/mol. The summed E-state index contributed by atoms with van der Waals surface area (Å²) in [7, 11) is 0. The van der Waals surface area contributed by atoms with Crippen molar-refractivity contribution in [2.45, 2.75) is 6.42 Å². The van der Waals surface area contributed by atoms with Crippen molar-refractivity contribution in [3.05, 3.63) is 83.9 Å². The van der Waals surface area contributed by atoms with E-state index in [1.165, 1.54) is 12.1 Å². The van der Waals surface area contributed by atoms with Crippen LogP contribution < -0.4 is 5.32 Å². The molecule has 0 bridgehead atoms. The molecular weight excluding hydrogens is 293 g/mol. The summed E-state index contributed by atoms with van der Waals surface area (Å²) in [5.41, 5.74) is 2.40. The van der Waals surface area contributed by atoms with E-state index in [1.807, 2.05) is 24.4 Å². The third-order valence-electron chi connectivity index (χ3n) is 3.49. The van der Waals surface area contributed by atoms with Gasteiger partial charge in [-0.25, -0.2) is 9.07 Å². The van der Waals surface area contributed by atoms with E-state index < -0.39 is 0 Å². The fourth-order valence-electron chi connectivity index (χ4n) is 2.28. The zero-order valence-corrected chi connectivity index (χ0v) is 12.4. The number of amides is 1. The van der Waals surface area contributed by atoms with E-state index in [1.54, 1.807) is 35.1 Å². The van der Waals surface area contributed by atoms with Crippen molar-refractivity contribution in [1.29, 1.82) is 0 Å². The first-order valence-electron chi connectivity index (χ1n) is 7.35. The molecule has 1 amide bonds. The fourth-order valence-corrected chi connectivity index (χ4v) is 2.28. The Labute approximate surface area is 133 Å². The molecule has 0 atom stereocenters. The first-order chi connectivity index (χ1) is 11.2. The number of nitrogens with one attached hydrogen (secondary N) is 1. The molecule has 2 aromatic carbocycles. The normalized spacial score (nSPS) is 10.5. The molecule has 1 aromatic heterocycles. The highest BCUT2D eigenvalue weighted by atomic mass is 19.1. The van der Waals surface area contributed by atoms with Crippen LogP contribution in [0.2, 0.25) is 0 Å². The standard InChI is InChI=1S/C18H16FN3O/c19-16-7-5-14(6-8-16)9-11-20-18(23)15-3-1-4-17(13-15)22-12-2-10-21-22/h1-8,10,12-13H,9,11H2,(H,20,23). The van der Waals surface area contributed by atoms with Crippen molar-refractivity contribution in [2.75, 3.05) is 6.54 Å². The molecule has 0 saturated carbocycles. The maximum atomic E-state index is 12.8. The van der Waals surface area contributed by atoms with Gasteiger partial charge in [0.15, 0.2) is 0 Å². The van der Waals surface area contributed by atoms with E-state index in [4.69, 9.17) is 0 Å². The van der Waals surface area contributed by atoms with Gasteiger partial charge >= 0.3 is 0 Å². The smallest absolute Gasteiger partial charge is 0.251 e. The van der Waals surface area contributed by atoms with Gasteiger partial charge in [0, 0.05) is 24.5 Å². The summed E-state index contributed by atoms with van der Waals surface area (Å²) in [6.07, 6.45) is 4.17. The van der Waals surface area contributed by atoms with Crippen LogP contribution in [-0.4, -0.2) is 22.2 Å². The highest BCUT2D eigenvalue weighted by molar-refractivity contribution is 5.94. The van der Waals surface area contributed by atoms with Crippen molar-refractivity contribution >= 4 is 5.91 Å². The lowest BCUT2D eigenvalue weighted by Gasteiger charge is -2.07. The minimum absolute atomic E-state index is 0.138. The van der Waals surface area contributed by atoms with Crippen LogP contribution >= 0.6 is 0 Å². The average Bonchev–Trinajstić information content (AvgIpc) is 3.11. The van der Waals surface area contributed by atoms with E-state index in [0.717, 1.165) is 11.3 Å². The molecule has 1 heterocycles. The van der Waals surface area contributed by atoms with Gasteiger partial charge in [-0.2, -0.15) is 5.10 Å². The Hall–Kier alpha value is -2.95. The van der Waals surface area contributed by atoms with Crippen LogP contribution in [0.4, 0.5) is 4.39 Å². The number of nitrogens with zero attached hydrogens (tertiary/aromatic N) is 2. The van der Waals surface area contributed by atoms with Crippen LogP contribution in [0.1, 0.15) is 15.9 Å². The van der Waals surface area contributed by atoms with Gasteiger partial charge in [-0.05, 0) is 48.4 Å². The van der Waals surface area contributed by atoms with E-state index in [2.05, 4.69) is 10.4 Å². The third kappa shape index (κ3) is 3.83. The van der Waals surface area contributed by atoms with E-state index in [-0.39, 0.29) is 11.7 Å². The largest absolute Gasteiger partial charge is 0.352 e. The Bertz CT molecular complexity index is 782. The first kappa shape index (κ1) is 15.0. The molecule has 0 radical (unpaired) electrons. The summed E-state index contributed by atoms with van der Waals surface area (Å²) < 4.78 is 14.5. The summed E-state index contributed by atoms with van der Waals surface area (Å²) in [5, 5.41) is 7.02. The SMILES string of the molecule is O=C(NCCc1ccc(F)cc1)c1cccc(-n2cccn2)c1. The van der Waals surface area contributed by atoms with E-state index in [0.29, 0.717) is 18.5 Å². The lowest BCUT2D eigenvalue weighted by molar-refractivity contribution is 0.0954. The molecule has 4 nitrogen and oxygen atoms in total. The number of carbonyl (C=O) groups is 1. The lowest BCUT2D eigenvalue weighted by atomic mass is 10.1. The lowest BCUT2D eigenvalue weighted by Crippen LogP contribution is -2.25. The summed E-state index contributed by atoms with van der Waals surface area (Å²) >= 11 is 0. The van der Waals surface area contributed by atoms with Crippen molar-refractivity contribution in [1.82, 2.24) is 15.1 Å². The van der Waals surface area contributed by atoms with E-state index in [9.17, 15) is 9.18 Å². The topological polar surface area (TPSA) is 46.9 Å². The Morgan fingerprint density at radius 1 is 1.13 bits per heavy atom. The van der Waals surface area contributed by atoms with Crippen molar-refractivity contribution < 1.29 is 9.18 Å². The van der Waals surface area contributed by atoms with Crippen molar-refractivity contribution in [3.8, 4) is 5.69 Å². The second-order valence-electron chi connectivity index (χ2n) is 5.13. The van der Waals surface area contributed by atoms with Crippen LogP contribution in [0.3, 0.4) is 0 Å². The summed E-state index contributed by atoms with van der Waals surface area (Å²) in [4.78, 5) is 12.2. The first-order valence-corrected chi connectivity index (χ1v) is 7.35. The number of hydrogen-bond donors (Lipinski definition) is 1. The molecule has 0 aliphatic rings. The van der Waals surface area contributed by atoms with Gasteiger partial charge in [0.2, 0.25) is 0 Å². The van der Waals surface area contributed by atoms with E-state index >= 15 is 0 Å². The van der Waals surface area contributed by atoms with Gasteiger partial charge in [-0.3, -0.25) is 4.79 Å². The van der Waals surface area contributed by atoms with Gasteiger partial charge in [0.25, 0.3) is 5.91 Å². The zero-order valence-electron chi connectivity index (χ0n) is 12.4. The minimum Gasteiger partial charge on any atom is -0.352 e. The summed E-state index contributed by atoms with van der Waals surface area (Å²) in [6, 6.07) is 15.4. The number of benzene rings is 2. The molecule has 0 saturated heterocycles. The molecule has 5 heteroatoms. The predicted octanol–water partition coefficient (Wildman–Crippen LogP) is 2.98. The van der Waals surface area contributed by atoms with Crippen molar-refractivity contribution in [3.63, 3.8) is 0 Å². The number of carbonyl (C=O) groups excluding carboxylic acids is 1. The van der Waals surface area contributed by atoms with Gasteiger partial charge in [-0.15, -0.1) is 0 Å². The quantitative estimate of drug-likeness (QED) is 0.787.